The number of allylic oxidation sites excluding steroid dienone is 3. The van der Waals surface area contributed by atoms with Gasteiger partial charge >= 0.3 is 0 Å². The van der Waals surface area contributed by atoms with Gasteiger partial charge in [-0.05, 0) is 49.3 Å². The monoisotopic (exact) mass is 367 g/mol. The van der Waals surface area contributed by atoms with Gasteiger partial charge < -0.3 is 10.4 Å². The van der Waals surface area contributed by atoms with Crippen molar-refractivity contribution in [3.05, 3.63) is 59.4 Å². The number of nitrogens with one attached hydrogen (secondary N) is 1. The summed E-state index contributed by atoms with van der Waals surface area (Å²) in [6, 6.07) is 6.30. The maximum Gasteiger partial charge on any atom is 0.227 e. The predicted molar refractivity (Wildman–Crippen MR) is 104 cm³/mol. The van der Waals surface area contributed by atoms with Crippen molar-refractivity contribution in [1.29, 1.82) is 0 Å². The van der Waals surface area contributed by atoms with Crippen LogP contribution in [0.3, 0.4) is 0 Å². The number of benzene rings is 1. The molecule has 0 aliphatic heterocycles. The molecule has 0 saturated heterocycles. The van der Waals surface area contributed by atoms with Crippen LogP contribution in [0.15, 0.2) is 48.1 Å². The molecule has 0 heterocycles. The molecule has 2 aliphatic rings. The molecular formula is C23H26FNO2. The lowest BCUT2D eigenvalue weighted by Gasteiger charge is -2.37. The van der Waals surface area contributed by atoms with Gasteiger partial charge in [0.15, 0.2) is 0 Å². The average molecular weight is 367 g/mol. The molecule has 0 radical (unpaired) electrons. The van der Waals surface area contributed by atoms with Crippen molar-refractivity contribution < 1.29 is 14.3 Å². The van der Waals surface area contributed by atoms with E-state index in [1.54, 1.807) is 12.1 Å². The maximum atomic E-state index is 13.3. The number of carbonyl (C=O) groups excluding carboxylic acids is 1. The first kappa shape index (κ1) is 19.4. The lowest BCUT2D eigenvalue weighted by atomic mass is 9.72. The Morgan fingerprint density at radius 2 is 2.15 bits per heavy atom. The second-order valence-electron chi connectivity index (χ2n) is 7.80. The number of aliphatic hydroxyl groups excluding tert-OH is 1. The van der Waals surface area contributed by atoms with Crippen LogP contribution in [-0.2, 0) is 4.79 Å². The first-order valence-corrected chi connectivity index (χ1v) is 9.54. The van der Waals surface area contributed by atoms with Crippen molar-refractivity contribution in [1.82, 2.24) is 5.32 Å². The summed E-state index contributed by atoms with van der Waals surface area (Å²) in [4.78, 5) is 12.8. The van der Waals surface area contributed by atoms with Crippen molar-refractivity contribution in [3.8, 4) is 11.8 Å². The van der Waals surface area contributed by atoms with E-state index in [2.05, 4.69) is 37.1 Å². The first-order chi connectivity index (χ1) is 12.9. The number of aliphatic hydroxyl groups is 1. The van der Waals surface area contributed by atoms with Gasteiger partial charge in [0, 0.05) is 17.2 Å². The number of halogens is 1. The normalized spacial score (nSPS) is 29.6. The maximum absolute atomic E-state index is 13.3. The Labute approximate surface area is 160 Å². The largest absolute Gasteiger partial charge is 0.393 e. The second-order valence-corrected chi connectivity index (χ2v) is 7.80. The molecule has 27 heavy (non-hydrogen) atoms. The van der Waals surface area contributed by atoms with Crippen LogP contribution in [0.1, 0.15) is 45.1 Å². The summed E-state index contributed by atoms with van der Waals surface area (Å²) in [5, 5.41) is 12.5. The van der Waals surface area contributed by atoms with Gasteiger partial charge in [0.1, 0.15) is 5.82 Å². The molecule has 0 bridgehead atoms. The van der Waals surface area contributed by atoms with Gasteiger partial charge in [-0.25, -0.2) is 4.39 Å². The molecule has 2 aliphatic carbocycles. The highest BCUT2D eigenvalue weighted by Crippen LogP contribution is 2.39. The lowest BCUT2D eigenvalue weighted by molar-refractivity contribution is -0.129. The molecule has 4 heteroatoms. The van der Waals surface area contributed by atoms with E-state index in [4.69, 9.17) is 0 Å². The second kappa shape index (κ2) is 8.10. The van der Waals surface area contributed by atoms with Crippen LogP contribution in [0, 0.1) is 29.0 Å². The number of carbonyl (C=O) groups is 1. The van der Waals surface area contributed by atoms with Gasteiger partial charge in [-0.3, -0.25) is 4.79 Å². The summed E-state index contributed by atoms with van der Waals surface area (Å²) in [5.74, 6) is 5.54. The molecule has 142 valence electrons. The Hall–Kier alpha value is -2.38. The molecule has 1 aromatic rings. The molecule has 2 N–H and O–H groups in total. The summed E-state index contributed by atoms with van der Waals surface area (Å²) in [5.41, 5.74) is 1.28. The van der Waals surface area contributed by atoms with Crippen molar-refractivity contribution in [2.75, 3.05) is 0 Å². The summed E-state index contributed by atoms with van der Waals surface area (Å²) < 4.78 is 13.3. The molecule has 3 rings (SSSR count). The Balaban J connectivity index is 1.76. The number of hydrogen-bond donors (Lipinski definition) is 2. The third-order valence-electron chi connectivity index (χ3n) is 5.73. The van der Waals surface area contributed by atoms with E-state index in [0.29, 0.717) is 18.4 Å². The molecule has 1 saturated carbocycles. The Morgan fingerprint density at radius 1 is 1.37 bits per heavy atom. The van der Waals surface area contributed by atoms with Crippen LogP contribution in [-0.4, -0.2) is 23.2 Å². The molecule has 1 amide bonds. The van der Waals surface area contributed by atoms with Crippen molar-refractivity contribution in [2.45, 2.75) is 51.7 Å². The van der Waals surface area contributed by atoms with Gasteiger partial charge in [-0.2, -0.15) is 0 Å². The highest BCUT2D eigenvalue weighted by atomic mass is 19.1. The summed E-state index contributed by atoms with van der Waals surface area (Å²) in [7, 11) is 0. The molecule has 0 spiro atoms. The van der Waals surface area contributed by atoms with Crippen molar-refractivity contribution in [3.63, 3.8) is 0 Å². The zero-order chi connectivity index (χ0) is 19.4. The Bertz CT molecular complexity index is 826. The Kier molecular flexibility index (Phi) is 5.82. The topological polar surface area (TPSA) is 49.3 Å². The van der Waals surface area contributed by atoms with Gasteiger partial charge in [-0.15, -0.1) is 0 Å². The molecule has 2 atom stereocenters. The van der Waals surface area contributed by atoms with Gasteiger partial charge in [0.2, 0.25) is 5.91 Å². The van der Waals surface area contributed by atoms with Crippen LogP contribution in [0.25, 0.3) is 0 Å². The summed E-state index contributed by atoms with van der Waals surface area (Å²) in [6.07, 6.45) is 8.48. The third kappa shape index (κ3) is 4.67. The predicted octanol–water partition coefficient (Wildman–Crippen LogP) is 3.74. The smallest absolute Gasteiger partial charge is 0.227 e. The van der Waals surface area contributed by atoms with E-state index in [1.165, 1.54) is 12.1 Å². The zero-order valence-corrected chi connectivity index (χ0v) is 15.8. The fourth-order valence-corrected chi connectivity index (χ4v) is 3.54. The minimum atomic E-state index is -0.302. The summed E-state index contributed by atoms with van der Waals surface area (Å²) >= 11 is 0. The van der Waals surface area contributed by atoms with Crippen LogP contribution in [0.2, 0.25) is 0 Å². The molecule has 0 aromatic heterocycles. The fraction of sp³-hybridized carbons (Fsp3) is 0.435. The minimum absolute atomic E-state index is 0.0141. The van der Waals surface area contributed by atoms with Crippen molar-refractivity contribution in [2.24, 2.45) is 11.3 Å². The van der Waals surface area contributed by atoms with Crippen LogP contribution in [0.4, 0.5) is 4.39 Å². The van der Waals surface area contributed by atoms with E-state index in [0.717, 1.165) is 18.4 Å². The number of amides is 1. The standard InChI is InChI=1S/C23H26FNO2/c1-3-23(2)12-11-16(7-8-17-5-4-6-18(24)13-17)9-10-21(23)22(27)25-19-14-20(26)15-19/h4-6,9-11,13,19-21,26H,3,12,14-15H2,1-2H3,(H,25,27). The molecule has 1 fully saturated rings. The fourth-order valence-electron chi connectivity index (χ4n) is 3.54. The molecule has 1 aromatic carbocycles. The minimum Gasteiger partial charge on any atom is -0.393 e. The van der Waals surface area contributed by atoms with Crippen molar-refractivity contribution >= 4 is 5.91 Å². The Morgan fingerprint density at radius 3 is 2.81 bits per heavy atom. The number of rotatable bonds is 3. The van der Waals surface area contributed by atoms with Gasteiger partial charge in [-0.1, -0.05) is 50.0 Å². The van der Waals surface area contributed by atoms with E-state index in [-0.39, 0.29) is 35.2 Å². The molecule has 3 nitrogen and oxygen atoms in total. The van der Waals surface area contributed by atoms with E-state index >= 15 is 0 Å². The molecular weight excluding hydrogens is 341 g/mol. The first-order valence-electron chi connectivity index (χ1n) is 9.54. The third-order valence-corrected chi connectivity index (χ3v) is 5.73. The highest BCUT2D eigenvalue weighted by Gasteiger charge is 2.38. The lowest BCUT2D eigenvalue weighted by Crippen LogP contribution is -2.50. The van der Waals surface area contributed by atoms with E-state index in [9.17, 15) is 14.3 Å². The average Bonchev–Trinajstić information content (AvgIpc) is 2.78. The number of hydrogen-bond acceptors (Lipinski definition) is 2. The SMILES string of the molecule is CCC1(C)CC=C(C#Cc2cccc(F)c2)C=CC1C(=O)NC1CC(O)C1. The zero-order valence-electron chi connectivity index (χ0n) is 15.8. The van der Waals surface area contributed by atoms with Crippen LogP contribution < -0.4 is 5.32 Å². The van der Waals surface area contributed by atoms with E-state index in [1.807, 2.05) is 12.2 Å². The van der Waals surface area contributed by atoms with Crippen LogP contribution >= 0.6 is 0 Å². The van der Waals surface area contributed by atoms with Gasteiger partial charge in [0.05, 0.1) is 12.0 Å². The summed E-state index contributed by atoms with van der Waals surface area (Å²) in [6.45, 7) is 4.22. The molecule has 2 unspecified atom stereocenters. The van der Waals surface area contributed by atoms with Crippen LogP contribution in [0.5, 0.6) is 0 Å². The van der Waals surface area contributed by atoms with E-state index < -0.39 is 0 Å². The highest BCUT2D eigenvalue weighted by molar-refractivity contribution is 5.82. The van der Waals surface area contributed by atoms with Gasteiger partial charge in [0.25, 0.3) is 0 Å². The quantitative estimate of drug-likeness (QED) is 0.800.